The number of rotatable bonds is 2. The highest BCUT2D eigenvalue weighted by atomic mass is 15.2. The molecule has 1 fully saturated rings. The second-order valence-corrected chi connectivity index (χ2v) is 4.59. The van der Waals surface area contributed by atoms with Gasteiger partial charge in [0.2, 0.25) is 0 Å². The molecule has 0 amide bonds. The van der Waals surface area contributed by atoms with E-state index in [0.29, 0.717) is 12.1 Å². The van der Waals surface area contributed by atoms with Crippen molar-refractivity contribution in [3.8, 4) is 0 Å². The van der Waals surface area contributed by atoms with Crippen LogP contribution in [0.4, 0.5) is 0 Å². The molecule has 1 aliphatic rings. The zero-order valence-electron chi connectivity index (χ0n) is 9.39. The van der Waals surface area contributed by atoms with Crippen molar-refractivity contribution >= 4 is 0 Å². The quantitative estimate of drug-likeness (QED) is 0.798. The monoisotopic (exact) mass is 204 g/mol. The van der Waals surface area contributed by atoms with Crippen LogP contribution in [0.5, 0.6) is 0 Å². The summed E-state index contributed by atoms with van der Waals surface area (Å²) in [5.74, 6) is 0. The van der Waals surface area contributed by atoms with E-state index in [1.807, 2.05) is 0 Å². The van der Waals surface area contributed by atoms with Gasteiger partial charge in [0, 0.05) is 25.2 Å². The zero-order chi connectivity index (χ0) is 10.7. The summed E-state index contributed by atoms with van der Waals surface area (Å²) in [5, 5.41) is 0. The van der Waals surface area contributed by atoms with E-state index in [1.165, 1.54) is 5.56 Å². The largest absolute Gasteiger partial charge is 0.328 e. The first-order chi connectivity index (χ1) is 7.25. The van der Waals surface area contributed by atoms with Crippen molar-refractivity contribution in [1.29, 1.82) is 0 Å². The first kappa shape index (κ1) is 10.7. The topological polar surface area (TPSA) is 29.3 Å². The summed E-state index contributed by atoms with van der Waals surface area (Å²) in [6.45, 7) is 4.48. The van der Waals surface area contributed by atoms with Crippen LogP contribution in [-0.2, 0) is 6.54 Å². The van der Waals surface area contributed by atoms with Crippen LogP contribution < -0.4 is 5.73 Å². The highest BCUT2D eigenvalue weighted by Gasteiger charge is 2.22. The minimum absolute atomic E-state index is 0.409. The van der Waals surface area contributed by atoms with E-state index in [1.54, 1.807) is 0 Å². The van der Waals surface area contributed by atoms with Gasteiger partial charge in [-0.25, -0.2) is 0 Å². The molecule has 0 aromatic heterocycles. The molecule has 1 aromatic carbocycles. The molecule has 0 unspecified atom stereocenters. The lowest BCUT2D eigenvalue weighted by atomic mass is 9.98. The predicted octanol–water partition coefficient (Wildman–Crippen LogP) is 2.00. The Morgan fingerprint density at radius 3 is 2.73 bits per heavy atom. The van der Waals surface area contributed by atoms with Crippen LogP contribution in [0.1, 0.15) is 25.3 Å². The minimum Gasteiger partial charge on any atom is -0.328 e. The fraction of sp³-hybridized carbons (Fsp3) is 0.538. The first-order valence-electron chi connectivity index (χ1n) is 5.79. The van der Waals surface area contributed by atoms with Gasteiger partial charge < -0.3 is 5.73 Å². The van der Waals surface area contributed by atoms with Gasteiger partial charge in [-0.2, -0.15) is 0 Å². The van der Waals surface area contributed by atoms with E-state index in [4.69, 9.17) is 5.73 Å². The number of nitrogens with zero attached hydrogens (tertiary/aromatic N) is 1. The molecule has 2 atom stereocenters. The van der Waals surface area contributed by atoms with E-state index in [-0.39, 0.29) is 0 Å². The lowest BCUT2D eigenvalue weighted by Gasteiger charge is -2.36. The Morgan fingerprint density at radius 1 is 1.33 bits per heavy atom. The van der Waals surface area contributed by atoms with Crippen molar-refractivity contribution in [3.63, 3.8) is 0 Å². The summed E-state index contributed by atoms with van der Waals surface area (Å²) in [6, 6.07) is 11.7. The molecule has 1 saturated heterocycles. The van der Waals surface area contributed by atoms with Crippen molar-refractivity contribution in [2.75, 3.05) is 6.54 Å². The zero-order valence-corrected chi connectivity index (χ0v) is 9.39. The second kappa shape index (κ2) is 4.77. The summed E-state index contributed by atoms with van der Waals surface area (Å²) in [5.41, 5.74) is 7.36. The van der Waals surface area contributed by atoms with Crippen molar-refractivity contribution in [2.45, 2.75) is 38.4 Å². The number of hydrogen-bond acceptors (Lipinski definition) is 2. The molecule has 0 radical (unpaired) electrons. The smallest absolute Gasteiger partial charge is 0.0236 e. The predicted molar refractivity (Wildman–Crippen MR) is 63.5 cm³/mol. The summed E-state index contributed by atoms with van der Waals surface area (Å²) in [4.78, 5) is 2.53. The van der Waals surface area contributed by atoms with E-state index in [0.717, 1.165) is 25.9 Å². The third-order valence-electron chi connectivity index (χ3n) is 3.28. The summed E-state index contributed by atoms with van der Waals surface area (Å²) in [7, 11) is 0. The van der Waals surface area contributed by atoms with Gasteiger partial charge in [-0.15, -0.1) is 0 Å². The summed E-state index contributed by atoms with van der Waals surface area (Å²) < 4.78 is 0. The van der Waals surface area contributed by atoms with Crippen molar-refractivity contribution in [3.05, 3.63) is 35.9 Å². The fourth-order valence-corrected chi connectivity index (χ4v) is 2.31. The molecule has 15 heavy (non-hydrogen) atoms. The Kier molecular flexibility index (Phi) is 3.39. The highest BCUT2D eigenvalue weighted by Crippen LogP contribution is 2.18. The van der Waals surface area contributed by atoms with Crippen molar-refractivity contribution < 1.29 is 0 Å². The third-order valence-corrected chi connectivity index (χ3v) is 3.28. The van der Waals surface area contributed by atoms with Gasteiger partial charge in [0.1, 0.15) is 0 Å². The molecule has 82 valence electrons. The Balaban J connectivity index is 1.95. The van der Waals surface area contributed by atoms with Crippen LogP contribution >= 0.6 is 0 Å². The molecule has 2 rings (SSSR count). The Bertz CT molecular complexity index is 297. The van der Waals surface area contributed by atoms with Crippen LogP contribution in [0.3, 0.4) is 0 Å². The standard InChI is InChI=1S/C13H20N2/c1-11-9-13(14)7-8-15(11)10-12-5-3-2-4-6-12/h2-6,11,13H,7-10,14H2,1H3/t11-,13-/m1/s1. The van der Waals surface area contributed by atoms with Crippen LogP contribution in [0.15, 0.2) is 30.3 Å². The van der Waals surface area contributed by atoms with Crippen LogP contribution in [0, 0.1) is 0 Å². The Morgan fingerprint density at radius 2 is 2.07 bits per heavy atom. The molecule has 1 heterocycles. The van der Waals surface area contributed by atoms with Gasteiger partial charge in [-0.3, -0.25) is 4.90 Å². The molecule has 0 aliphatic carbocycles. The third kappa shape index (κ3) is 2.80. The normalized spacial score (nSPS) is 27.9. The molecule has 2 nitrogen and oxygen atoms in total. The molecule has 0 spiro atoms. The van der Waals surface area contributed by atoms with Gasteiger partial charge in [0.05, 0.1) is 0 Å². The van der Waals surface area contributed by atoms with E-state index >= 15 is 0 Å². The van der Waals surface area contributed by atoms with Gasteiger partial charge in [0.25, 0.3) is 0 Å². The van der Waals surface area contributed by atoms with Gasteiger partial charge in [-0.1, -0.05) is 30.3 Å². The number of benzene rings is 1. The first-order valence-corrected chi connectivity index (χ1v) is 5.79. The second-order valence-electron chi connectivity index (χ2n) is 4.59. The number of piperidine rings is 1. The highest BCUT2D eigenvalue weighted by molar-refractivity contribution is 5.14. The molecule has 1 aliphatic heterocycles. The average molecular weight is 204 g/mol. The van der Waals surface area contributed by atoms with E-state index in [2.05, 4.69) is 42.2 Å². The van der Waals surface area contributed by atoms with Gasteiger partial charge in [0.15, 0.2) is 0 Å². The van der Waals surface area contributed by atoms with E-state index < -0.39 is 0 Å². The average Bonchev–Trinajstić information content (AvgIpc) is 2.24. The number of likely N-dealkylation sites (tertiary alicyclic amines) is 1. The maximum absolute atomic E-state index is 5.95. The lowest BCUT2D eigenvalue weighted by molar-refractivity contribution is 0.140. The van der Waals surface area contributed by atoms with Crippen LogP contribution in [0.2, 0.25) is 0 Å². The van der Waals surface area contributed by atoms with E-state index in [9.17, 15) is 0 Å². The minimum atomic E-state index is 0.409. The maximum atomic E-state index is 5.95. The van der Waals surface area contributed by atoms with Gasteiger partial charge >= 0.3 is 0 Å². The van der Waals surface area contributed by atoms with Crippen molar-refractivity contribution in [1.82, 2.24) is 4.90 Å². The SMILES string of the molecule is C[C@@H]1C[C@H](N)CCN1Cc1ccccc1. The molecule has 0 saturated carbocycles. The Hall–Kier alpha value is -0.860. The summed E-state index contributed by atoms with van der Waals surface area (Å²) >= 11 is 0. The number of hydrogen-bond donors (Lipinski definition) is 1. The molecular weight excluding hydrogens is 184 g/mol. The van der Waals surface area contributed by atoms with Crippen molar-refractivity contribution in [2.24, 2.45) is 5.73 Å². The molecule has 2 heteroatoms. The molecule has 1 aromatic rings. The number of nitrogens with two attached hydrogens (primary N) is 1. The fourth-order valence-electron chi connectivity index (χ4n) is 2.31. The molecular formula is C13H20N2. The van der Waals surface area contributed by atoms with Crippen LogP contribution in [-0.4, -0.2) is 23.5 Å². The maximum Gasteiger partial charge on any atom is 0.0236 e. The lowest BCUT2D eigenvalue weighted by Crippen LogP contribution is -2.44. The Labute approximate surface area is 92.1 Å². The summed E-state index contributed by atoms with van der Waals surface area (Å²) in [6.07, 6.45) is 2.27. The molecule has 0 bridgehead atoms. The van der Waals surface area contributed by atoms with Crippen LogP contribution in [0.25, 0.3) is 0 Å². The van der Waals surface area contributed by atoms with Gasteiger partial charge in [-0.05, 0) is 25.3 Å². The molecule has 2 N–H and O–H groups in total.